The Bertz CT molecular complexity index is 369. The van der Waals surface area contributed by atoms with Gasteiger partial charge in [0.05, 0.1) is 20.1 Å². The third-order valence-corrected chi connectivity index (χ3v) is 4.11. The zero-order chi connectivity index (χ0) is 13.4. The van der Waals surface area contributed by atoms with Crippen LogP contribution in [-0.4, -0.2) is 20.0 Å². The number of hydrogen-bond donors (Lipinski definition) is 0. The third-order valence-electron chi connectivity index (χ3n) is 2.73. The first-order valence-corrected chi connectivity index (χ1v) is 7.83. The molecule has 102 valence electrons. The van der Waals surface area contributed by atoms with Crippen LogP contribution in [0.4, 0.5) is 0 Å². The molecule has 0 fully saturated rings. The molecular weight excluding hydrogens is 268 g/mol. The van der Waals surface area contributed by atoms with Crippen LogP contribution in [0.25, 0.3) is 0 Å². The number of unbranched alkanes of at least 4 members (excludes halogenated alkanes) is 1. The molecule has 0 amide bonds. The van der Waals surface area contributed by atoms with E-state index in [4.69, 9.17) is 21.1 Å². The molecule has 0 aliphatic heterocycles. The standard InChI is InChI=1S/C14H21ClO2S/c1-4-5-6-18-10-12-8-13(16-2)11(9-15)7-14(12)17-3/h7-8H,4-6,9-10H2,1-3H3. The Morgan fingerprint density at radius 1 is 1.11 bits per heavy atom. The maximum atomic E-state index is 5.90. The van der Waals surface area contributed by atoms with Gasteiger partial charge in [-0.25, -0.2) is 0 Å². The van der Waals surface area contributed by atoms with E-state index in [2.05, 4.69) is 6.92 Å². The van der Waals surface area contributed by atoms with Crippen molar-refractivity contribution in [1.29, 1.82) is 0 Å². The molecule has 4 heteroatoms. The van der Waals surface area contributed by atoms with E-state index in [1.54, 1.807) is 14.2 Å². The molecule has 0 aliphatic rings. The molecule has 0 N–H and O–H groups in total. The number of hydrogen-bond acceptors (Lipinski definition) is 3. The first kappa shape index (κ1) is 15.5. The lowest BCUT2D eigenvalue weighted by Gasteiger charge is -2.13. The number of methoxy groups -OCH3 is 2. The summed E-state index contributed by atoms with van der Waals surface area (Å²) in [5, 5.41) is 0. The van der Waals surface area contributed by atoms with Crippen LogP contribution in [0, 0.1) is 0 Å². The molecular formula is C14H21ClO2S. The van der Waals surface area contributed by atoms with Crippen molar-refractivity contribution >= 4 is 23.4 Å². The van der Waals surface area contributed by atoms with Crippen molar-refractivity contribution < 1.29 is 9.47 Å². The van der Waals surface area contributed by atoms with Crippen LogP contribution >= 0.6 is 23.4 Å². The Morgan fingerprint density at radius 2 is 1.72 bits per heavy atom. The molecule has 0 spiro atoms. The summed E-state index contributed by atoms with van der Waals surface area (Å²) in [6, 6.07) is 4.01. The van der Waals surface area contributed by atoms with Gasteiger partial charge in [0.25, 0.3) is 0 Å². The minimum absolute atomic E-state index is 0.433. The zero-order valence-corrected chi connectivity index (χ0v) is 12.9. The number of thioether (sulfide) groups is 1. The average molecular weight is 289 g/mol. The summed E-state index contributed by atoms with van der Waals surface area (Å²) in [6.07, 6.45) is 2.49. The first-order valence-electron chi connectivity index (χ1n) is 6.14. The first-order chi connectivity index (χ1) is 8.76. The number of ether oxygens (including phenoxy) is 2. The van der Waals surface area contributed by atoms with Crippen LogP contribution < -0.4 is 9.47 Å². The second-order valence-corrected chi connectivity index (χ2v) is 5.39. The molecule has 1 aromatic rings. The van der Waals surface area contributed by atoms with Crippen LogP contribution in [0.3, 0.4) is 0 Å². The molecule has 0 radical (unpaired) electrons. The van der Waals surface area contributed by atoms with Gasteiger partial charge in [-0.1, -0.05) is 13.3 Å². The van der Waals surface area contributed by atoms with Gasteiger partial charge in [0.1, 0.15) is 11.5 Å². The van der Waals surface area contributed by atoms with E-state index in [-0.39, 0.29) is 0 Å². The van der Waals surface area contributed by atoms with Gasteiger partial charge >= 0.3 is 0 Å². The summed E-state index contributed by atoms with van der Waals surface area (Å²) in [7, 11) is 3.37. The van der Waals surface area contributed by atoms with Crippen molar-refractivity contribution in [2.75, 3.05) is 20.0 Å². The van der Waals surface area contributed by atoms with Gasteiger partial charge in [0, 0.05) is 16.9 Å². The molecule has 1 aromatic carbocycles. The molecule has 0 heterocycles. The summed E-state index contributed by atoms with van der Waals surface area (Å²) >= 11 is 7.82. The van der Waals surface area contributed by atoms with Gasteiger partial charge in [-0.2, -0.15) is 11.8 Å². The Labute approximate surface area is 119 Å². The number of rotatable bonds is 8. The fourth-order valence-electron chi connectivity index (χ4n) is 1.67. The van der Waals surface area contributed by atoms with Gasteiger partial charge in [-0.3, -0.25) is 0 Å². The number of halogens is 1. The highest BCUT2D eigenvalue weighted by Gasteiger charge is 2.10. The SMILES string of the molecule is CCCCSCc1cc(OC)c(CCl)cc1OC. The highest BCUT2D eigenvalue weighted by Crippen LogP contribution is 2.32. The zero-order valence-electron chi connectivity index (χ0n) is 11.3. The molecule has 0 aromatic heterocycles. The minimum Gasteiger partial charge on any atom is -0.496 e. The Hall–Kier alpha value is -0.540. The fraction of sp³-hybridized carbons (Fsp3) is 0.571. The lowest BCUT2D eigenvalue weighted by molar-refractivity contribution is 0.397. The monoisotopic (exact) mass is 288 g/mol. The molecule has 0 saturated carbocycles. The molecule has 1 rings (SSSR count). The summed E-state index contributed by atoms with van der Waals surface area (Å²) < 4.78 is 10.8. The lowest BCUT2D eigenvalue weighted by Crippen LogP contribution is -1.97. The van der Waals surface area contributed by atoms with Gasteiger partial charge in [-0.15, -0.1) is 11.6 Å². The van der Waals surface area contributed by atoms with Crippen molar-refractivity contribution in [3.63, 3.8) is 0 Å². The summed E-state index contributed by atoms with van der Waals surface area (Å²) in [5.74, 6) is 4.30. The minimum atomic E-state index is 0.433. The van der Waals surface area contributed by atoms with Gasteiger partial charge in [-0.05, 0) is 24.3 Å². The van der Waals surface area contributed by atoms with Gasteiger partial charge in [0.2, 0.25) is 0 Å². The van der Waals surface area contributed by atoms with E-state index < -0.39 is 0 Å². The highest BCUT2D eigenvalue weighted by atomic mass is 35.5. The largest absolute Gasteiger partial charge is 0.496 e. The van der Waals surface area contributed by atoms with Crippen molar-refractivity contribution in [2.45, 2.75) is 31.4 Å². The molecule has 2 nitrogen and oxygen atoms in total. The average Bonchev–Trinajstić information content (AvgIpc) is 2.42. The van der Waals surface area contributed by atoms with E-state index in [1.165, 1.54) is 24.2 Å². The van der Waals surface area contributed by atoms with E-state index in [0.717, 1.165) is 22.8 Å². The van der Waals surface area contributed by atoms with Crippen LogP contribution in [0.5, 0.6) is 11.5 Å². The Balaban J connectivity index is 2.81. The predicted molar refractivity (Wildman–Crippen MR) is 80.2 cm³/mol. The predicted octanol–water partition coefficient (Wildman–Crippen LogP) is 4.48. The van der Waals surface area contributed by atoms with E-state index >= 15 is 0 Å². The van der Waals surface area contributed by atoms with E-state index in [0.29, 0.717) is 5.88 Å². The Morgan fingerprint density at radius 3 is 2.28 bits per heavy atom. The Kier molecular flexibility index (Phi) is 7.36. The topological polar surface area (TPSA) is 18.5 Å². The van der Waals surface area contributed by atoms with Crippen LogP contribution in [0.1, 0.15) is 30.9 Å². The normalized spacial score (nSPS) is 10.4. The van der Waals surface area contributed by atoms with Crippen molar-refractivity contribution in [1.82, 2.24) is 0 Å². The van der Waals surface area contributed by atoms with Crippen LogP contribution in [0.2, 0.25) is 0 Å². The summed E-state index contributed by atoms with van der Waals surface area (Å²) in [5.41, 5.74) is 2.14. The molecule has 0 aliphatic carbocycles. The van der Waals surface area contributed by atoms with Crippen molar-refractivity contribution in [3.8, 4) is 11.5 Å². The van der Waals surface area contributed by atoms with Crippen LogP contribution in [-0.2, 0) is 11.6 Å². The lowest BCUT2D eigenvalue weighted by atomic mass is 10.1. The third kappa shape index (κ3) is 4.29. The molecule has 18 heavy (non-hydrogen) atoms. The fourth-order valence-corrected chi connectivity index (χ4v) is 2.96. The molecule has 0 bridgehead atoms. The van der Waals surface area contributed by atoms with Gasteiger partial charge < -0.3 is 9.47 Å². The van der Waals surface area contributed by atoms with Crippen molar-refractivity contribution in [2.24, 2.45) is 0 Å². The number of alkyl halides is 1. The molecule has 0 saturated heterocycles. The number of benzene rings is 1. The molecule has 0 unspecified atom stereocenters. The summed E-state index contributed by atoms with van der Waals surface area (Å²) in [4.78, 5) is 0. The molecule has 0 atom stereocenters. The maximum Gasteiger partial charge on any atom is 0.123 e. The van der Waals surface area contributed by atoms with Gasteiger partial charge in [0.15, 0.2) is 0 Å². The van der Waals surface area contributed by atoms with E-state index in [1.807, 2.05) is 23.9 Å². The summed E-state index contributed by atoms with van der Waals surface area (Å²) in [6.45, 7) is 2.21. The second kappa shape index (κ2) is 8.54. The highest BCUT2D eigenvalue weighted by molar-refractivity contribution is 7.98. The quantitative estimate of drug-likeness (QED) is 0.519. The van der Waals surface area contributed by atoms with Crippen LogP contribution in [0.15, 0.2) is 12.1 Å². The smallest absolute Gasteiger partial charge is 0.123 e. The second-order valence-electron chi connectivity index (χ2n) is 4.02. The van der Waals surface area contributed by atoms with Crippen molar-refractivity contribution in [3.05, 3.63) is 23.3 Å². The maximum absolute atomic E-state index is 5.90. The van der Waals surface area contributed by atoms with E-state index in [9.17, 15) is 0 Å².